The van der Waals surface area contributed by atoms with Gasteiger partial charge in [-0.15, -0.1) is 0 Å². The number of amides is 4. The summed E-state index contributed by atoms with van der Waals surface area (Å²) in [7, 11) is 3.93. The molecule has 2 aliphatic heterocycles. The smallest absolute Gasteiger partial charge is 0.241 e. The Hall–Kier alpha value is -6.88. The second kappa shape index (κ2) is 14.8. The Morgan fingerprint density at radius 2 is 1.36 bits per heavy atom. The number of carbonyl (C=O) groups excluding carboxylic acids is 4. The zero-order valence-corrected chi connectivity index (χ0v) is 32.9. The van der Waals surface area contributed by atoms with Crippen LogP contribution < -0.4 is 19.4 Å². The zero-order valence-electron chi connectivity index (χ0n) is 32.9. The van der Waals surface area contributed by atoms with Gasteiger partial charge in [0.2, 0.25) is 23.6 Å². The molecule has 0 spiro atoms. The van der Waals surface area contributed by atoms with Crippen LogP contribution >= 0.6 is 0 Å². The van der Waals surface area contributed by atoms with Crippen LogP contribution in [0.5, 0.6) is 11.5 Å². The number of rotatable bonds is 9. The Kier molecular flexibility index (Phi) is 9.46. The lowest BCUT2D eigenvalue weighted by atomic mass is 9.51. The van der Waals surface area contributed by atoms with Crippen molar-refractivity contribution in [3.05, 3.63) is 150 Å². The summed E-state index contributed by atoms with van der Waals surface area (Å²) in [6.45, 7) is 2.10. The monoisotopic (exact) mass is 785 g/mol. The van der Waals surface area contributed by atoms with Gasteiger partial charge in [-0.05, 0) is 98.0 Å². The predicted molar refractivity (Wildman–Crippen MR) is 224 cm³/mol. The molecule has 1 saturated carbocycles. The number of nitrogens with zero attached hydrogens (tertiary/aromatic N) is 5. The molecule has 0 aromatic heterocycles. The second-order valence-electron chi connectivity index (χ2n) is 16.1. The first-order chi connectivity index (χ1) is 28.5. The molecule has 6 unspecified atom stereocenters. The maximum absolute atomic E-state index is 14.8. The number of para-hydroxylation sites is 1. The molecule has 2 aliphatic carbocycles. The van der Waals surface area contributed by atoms with Crippen molar-refractivity contribution >= 4 is 52.1 Å². The molecule has 4 aliphatic rings. The average molecular weight is 786 g/mol. The molecule has 59 heavy (non-hydrogen) atoms. The van der Waals surface area contributed by atoms with Gasteiger partial charge in [0.05, 0.1) is 45.9 Å². The van der Waals surface area contributed by atoms with Gasteiger partial charge in [0, 0.05) is 37.3 Å². The van der Waals surface area contributed by atoms with Crippen LogP contribution in [-0.4, -0.2) is 42.8 Å². The van der Waals surface area contributed by atoms with Gasteiger partial charge >= 0.3 is 0 Å². The van der Waals surface area contributed by atoms with Crippen molar-refractivity contribution < 1.29 is 29.0 Å². The van der Waals surface area contributed by atoms with Crippen LogP contribution in [0.3, 0.4) is 0 Å². The summed E-state index contributed by atoms with van der Waals surface area (Å²) in [4.78, 5) is 62.6. The van der Waals surface area contributed by atoms with E-state index in [4.69, 9.17) is 4.74 Å². The van der Waals surface area contributed by atoms with Crippen molar-refractivity contribution in [1.29, 1.82) is 0 Å². The number of aromatic hydroxyl groups is 1. The maximum atomic E-state index is 14.8. The largest absolute Gasteiger partial charge is 0.508 e. The van der Waals surface area contributed by atoms with E-state index in [0.717, 1.165) is 16.8 Å². The van der Waals surface area contributed by atoms with E-state index in [1.807, 2.05) is 85.7 Å². The minimum Gasteiger partial charge on any atom is -0.508 e. The van der Waals surface area contributed by atoms with E-state index in [1.165, 1.54) is 9.80 Å². The summed E-state index contributed by atoms with van der Waals surface area (Å²) < 4.78 is 6.03. The summed E-state index contributed by atoms with van der Waals surface area (Å²) in [5, 5.41) is 20.5. The third kappa shape index (κ3) is 6.37. The first kappa shape index (κ1) is 37.7. The number of anilines is 3. The molecule has 0 bridgehead atoms. The Morgan fingerprint density at radius 1 is 0.729 bits per heavy atom. The van der Waals surface area contributed by atoms with E-state index in [0.29, 0.717) is 40.7 Å². The average Bonchev–Trinajstić information content (AvgIpc) is 3.62. The lowest BCUT2D eigenvalue weighted by Gasteiger charge is -2.49. The first-order valence-electron chi connectivity index (χ1n) is 19.8. The molecular weight excluding hydrogens is 743 g/mol. The third-order valence-electron chi connectivity index (χ3n) is 12.6. The highest BCUT2D eigenvalue weighted by molar-refractivity contribution is 6.25. The number of phenols is 1. The van der Waals surface area contributed by atoms with E-state index in [2.05, 4.69) is 10.2 Å². The molecule has 2 heterocycles. The van der Waals surface area contributed by atoms with Crippen LogP contribution in [0.2, 0.25) is 0 Å². The van der Waals surface area contributed by atoms with Crippen molar-refractivity contribution in [2.75, 3.05) is 28.8 Å². The number of hydrogen-bond acceptors (Lipinski definition) is 9. The number of fused-ring (bicyclic) bond motifs is 4. The Balaban J connectivity index is 1.04. The van der Waals surface area contributed by atoms with Gasteiger partial charge in [0.1, 0.15) is 18.1 Å². The van der Waals surface area contributed by atoms with Gasteiger partial charge in [-0.1, -0.05) is 66.2 Å². The molecule has 6 atom stereocenters. The quantitative estimate of drug-likeness (QED) is 0.0897. The van der Waals surface area contributed by atoms with Gasteiger partial charge in [0.25, 0.3) is 0 Å². The van der Waals surface area contributed by atoms with E-state index >= 15 is 0 Å². The topological polar surface area (TPSA) is 132 Å². The molecule has 0 radical (unpaired) electrons. The number of imide groups is 2. The highest BCUT2D eigenvalue weighted by Crippen LogP contribution is 2.64. The van der Waals surface area contributed by atoms with Crippen LogP contribution in [-0.2, 0) is 25.8 Å². The number of carbonyl (C=O) groups is 4. The molecule has 5 aromatic carbocycles. The number of hydrogen-bond donors (Lipinski definition) is 1. The molecule has 296 valence electrons. The Labute approximate surface area is 342 Å². The fraction of sp³-hybridized carbons (Fsp3) is 0.250. The highest BCUT2D eigenvalue weighted by atomic mass is 16.5. The summed E-state index contributed by atoms with van der Waals surface area (Å²) in [6.07, 6.45) is 2.45. The molecule has 11 nitrogen and oxygen atoms in total. The Bertz CT molecular complexity index is 2520. The normalized spacial score (nSPS) is 24.9. The second-order valence-corrected chi connectivity index (χ2v) is 16.1. The number of azo groups is 1. The fourth-order valence-electron chi connectivity index (χ4n) is 9.64. The standard InChI is InChI=1S/C48H43N5O6/c1-48-40(45(56)53(47(48)58)33-12-8-5-9-13-33)27-39-36(43(48)37-23-22-35(26-41(37)54)59-28-29-10-6-4-7-11-29)24-25-38-42(39)46(57)52(44(38)55)34-20-16-31(17-21-34)50-49-30-14-18-32(19-15-30)51(2)3/h4-24,26,38-40,42-43,54H,25,27-28H2,1-3H3. The highest BCUT2D eigenvalue weighted by Gasteiger charge is 2.68. The number of ether oxygens (including phenoxy) is 1. The maximum Gasteiger partial charge on any atom is 0.241 e. The lowest BCUT2D eigenvalue weighted by Crippen LogP contribution is -2.48. The summed E-state index contributed by atoms with van der Waals surface area (Å²) in [6, 6.07) is 38.1. The van der Waals surface area contributed by atoms with Crippen molar-refractivity contribution in [1.82, 2.24) is 0 Å². The van der Waals surface area contributed by atoms with Gasteiger partial charge in [-0.3, -0.25) is 24.1 Å². The van der Waals surface area contributed by atoms with Crippen molar-refractivity contribution in [3.63, 3.8) is 0 Å². The van der Waals surface area contributed by atoms with E-state index < -0.39 is 35.0 Å². The molecule has 11 heteroatoms. The molecule has 1 N–H and O–H groups in total. The fourth-order valence-corrected chi connectivity index (χ4v) is 9.64. The first-order valence-corrected chi connectivity index (χ1v) is 19.8. The molecule has 2 saturated heterocycles. The van der Waals surface area contributed by atoms with Crippen LogP contribution in [0.1, 0.15) is 36.8 Å². The minimum absolute atomic E-state index is 0.0825. The molecule has 3 fully saturated rings. The van der Waals surface area contributed by atoms with Gasteiger partial charge < -0.3 is 14.7 Å². The minimum atomic E-state index is -1.30. The Morgan fingerprint density at radius 3 is 2.00 bits per heavy atom. The number of phenolic OH excluding ortho intramolecular Hbond substituents is 1. The van der Waals surface area contributed by atoms with E-state index in [1.54, 1.807) is 73.7 Å². The van der Waals surface area contributed by atoms with E-state index in [-0.39, 0.29) is 42.2 Å². The SMILES string of the molecule is CN(C)c1ccc(N=Nc2ccc(N3C(=O)C4CC=C5C(CC6C(=O)N(c7ccccc7)C(=O)C6(C)C5c5ccc(OCc6ccccc6)cc5O)C4C3=O)cc2)cc1. The molecule has 9 rings (SSSR count). The number of benzene rings is 5. The lowest BCUT2D eigenvalue weighted by molar-refractivity contribution is -0.131. The number of allylic oxidation sites excluding steroid dienone is 2. The zero-order chi connectivity index (χ0) is 41.0. The van der Waals surface area contributed by atoms with Crippen molar-refractivity contribution in [2.45, 2.75) is 32.3 Å². The van der Waals surface area contributed by atoms with Crippen molar-refractivity contribution in [3.8, 4) is 11.5 Å². The van der Waals surface area contributed by atoms with Crippen LogP contribution in [0.4, 0.5) is 28.4 Å². The summed E-state index contributed by atoms with van der Waals surface area (Å²) >= 11 is 0. The van der Waals surface area contributed by atoms with Gasteiger partial charge in [-0.25, -0.2) is 4.90 Å². The van der Waals surface area contributed by atoms with Gasteiger partial charge in [0.15, 0.2) is 0 Å². The molecular formula is C48H43N5O6. The third-order valence-corrected chi connectivity index (χ3v) is 12.6. The predicted octanol–water partition coefficient (Wildman–Crippen LogP) is 8.89. The molecule has 4 amide bonds. The van der Waals surface area contributed by atoms with E-state index in [9.17, 15) is 24.3 Å². The summed E-state index contributed by atoms with van der Waals surface area (Å²) in [5.41, 5.74) is 4.09. The molecule has 5 aromatic rings. The van der Waals surface area contributed by atoms with Gasteiger partial charge in [-0.2, -0.15) is 10.2 Å². The van der Waals surface area contributed by atoms with Crippen LogP contribution in [0.15, 0.2) is 149 Å². The van der Waals surface area contributed by atoms with Crippen molar-refractivity contribution in [2.24, 2.45) is 39.3 Å². The van der Waals surface area contributed by atoms with Crippen LogP contribution in [0.25, 0.3) is 0 Å². The summed E-state index contributed by atoms with van der Waals surface area (Å²) in [5.74, 6) is -4.55. The van der Waals surface area contributed by atoms with Crippen LogP contribution in [0, 0.1) is 29.1 Å².